The highest BCUT2D eigenvalue weighted by Crippen LogP contribution is 2.38. The van der Waals surface area contributed by atoms with Crippen LogP contribution in [0.1, 0.15) is 42.0 Å². The van der Waals surface area contributed by atoms with Crippen molar-refractivity contribution in [1.82, 2.24) is 0 Å². The van der Waals surface area contributed by atoms with Gasteiger partial charge in [-0.15, -0.1) is 0 Å². The molecule has 0 radical (unpaired) electrons. The first kappa shape index (κ1) is 20.7. The maximum absolute atomic E-state index is 12.7. The number of aromatic hydroxyl groups is 2. The minimum Gasteiger partial charge on any atom is -0.507 e. The third-order valence-electron chi connectivity index (χ3n) is 5.65. The van der Waals surface area contributed by atoms with Crippen LogP contribution in [0.4, 0.5) is 0 Å². The second kappa shape index (κ2) is 7.92. The van der Waals surface area contributed by atoms with Crippen LogP contribution in [0, 0.1) is 0 Å². The van der Waals surface area contributed by atoms with Crippen LogP contribution in [0.5, 0.6) is 11.5 Å². The van der Waals surface area contributed by atoms with E-state index >= 15 is 0 Å². The van der Waals surface area contributed by atoms with E-state index in [1.165, 1.54) is 0 Å². The van der Waals surface area contributed by atoms with Gasteiger partial charge >= 0.3 is 11.3 Å². The Balaban J connectivity index is 2.02. The van der Waals surface area contributed by atoms with Crippen molar-refractivity contribution in [2.75, 3.05) is 6.61 Å². The Labute approximate surface area is 176 Å². The zero-order valence-electron chi connectivity index (χ0n) is 17.1. The first-order valence-electron chi connectivity index (χ1n) is 10.1. The second-order valence-electron chi connectivity index (χ2n) is 7.41. The van der Waals surface area contributed by atoms with Crippen LogP contribution in [-0.4, -0.2) is 21.9 Å². The van der Waals surface area contributed by atoms with Crippen LogP contribution in [0.25, 0.3) is 21.9 Å². The van der Waals surface area contributed by atoms with Gasteiger partial charge in [-0.2, -0.15) is 0 Å². The van der Waals surface area contributed by atoms with Gasteiger partial charge in [-0.25, -0.2) is 9.59 Å². The van der Waals surface area contributed by atoms with E-state index in [1.54, 1.807) is 36.4 Å². The molecule has 4 aromatic rings. The largest absolute Gasteiger partial charge is 0.507 e. The van der Waals surface area contributed by atoms with E-state index in [9.17, 15) is 24.9 Å². The van der Waals surface area contributed by atoms with E-state index in [4.69, 9.17) is 8.83 Å². The second-order valence-corrected chi connectivity index (χ2v) is 7.41. The predicted octanol–water partition coefficient (Wildman–Crippen LogP) is 3.56. The van der Waals surface area contributed by atoms with Gasteiger partial charge in [0.25, 0.3) is 0 Å². The van der Waals surface area contributed by atoms with Gasteiger partial charge in [-0.05, 0) is 48.2 Å². The number of hydrogen-bond donors (Lipinski definition) is 3. The topological polar surface area (TPSA) is 121 Å². The highest BCUT2D eigenvalue weighted by Gasteiger charge is 2.30. The summed E-state index contributed by atoms with van der Waals surface area (Å²) in [5.74, 6) is -2.14. The molecule has 2 heterocycles. The maximum Gasteiger partial charge on any atom is 0.343 e. The minimum absolute atomic E-state index is 0.183. The maximum atomic E-state index is 12.7. The van der Waals surface area contributed by atoms with Crippen molar-refractivity contribution in [2.45, 2.75) is 32.6 Å². The number of aliphatic hydroxyl groups excluding tert-OH is 1. The van der Waals surface area contributed by atoms with Gasteiger partial charge < -0.3 is 24.2 Å². The summed E-state index contributed by atoms with van der Waals surface area (Å²) in [6.07, 6.45) is 1.39. The quantitative estimate of drug-likeness (QED) is 0.421. The van der Waals surface area contributed by atoms with Crippen LogP contribution >= 0.6 is 0 Å². The van der Waals surface area contributed by atoms with Crippen LogP contribution < -0.4 is 11.3 Å². The summed E-state index contributed by atoms with van der Waals surface area (Å²) in [5, 5.41) is 32.5. The molecule has 0 amide bonds. The normalized spacial score (nSPS) is 11.6. The molecule has 0 unspecified atom stereocenters. The number of hydrogen-bond acceptors (Lipinski definition) is 7. The minimum atomic E-state index is -1.34. The SMILES string of the molecule is CCc1ccc2oc(=O)c(C(CO)c3c(O)c4cc(CC)ccc4oc3=O)c(O)c2c1. The van der Waals surface area contributed by atoms with Crippen molar-refractivity contribution < 1.29 is 24.2 Å². The Morgan fingerprint density at radius 3 is 1.55 bits per heavy atom. The zero-order chi connectivity index (χ0) is 22.3. The molecule has 7 nitrogen and oxygen atoms in total. The van der Waals surface area contributed by atoms with Gasteiger partial charge in [0.1, 0.15) is 22.7 Å². The molecular formula is C24H22O7. The first-order chi connectivity index (χ1) is 14.9. The molecule has 0 saturated carbocycles. The molecule has 160 valence electrons. The first-order valence-corrected chi connectivity index (χ1v) is 10.1. The average Bonchev–Trinajstić information content (AvgIpc) is 2.77. The van der Waals surface area contributed by atoms with Gasteiger partial charge in [-0.3, -0.25) is 0 Å². The molecule has 4 rings (SSSR count). The standard InChI is InChI=1S/C24H22O7/c1-3-12-5-7-17-14(9-12)21(26)19(23(28)30-17)16(11-25)20-22(27)15-10-13(4-2)6-8-18(15)31-24(20)29/h5-10,16,25-27H,3-4,11H2,1-2H3. The van der Waals surface area contributed by atoms with Gasteiger partial charge in [0.15, 0.2) is 0 Å². The highest BCUT2D eigenvalue weighted by molar-refractivity contribution is 5.87. The number of aryl methyl sites for hydroxylation is 2. The lowest BCUT2D eigenvalue weighted by Gasteiger charge is -2.17. The molecule has 31 heavy (non-hydrogen) atoms. The molecule has 0 bridgehead atoms. The fourth-order valence-corrected chi connectivity index (χ4v) is 3.88. The molecule has 0 aliphatic heterocycles. The fourth-order valence-electron chi connectivity index (χ4n) is 3.88. The van der Waals surface area contributed by atoms with Crippen molar-refractivity contribution in [1.29, 1.82) is 0 Å². The van der Waals surface area contributed by atoms with Crippen LogP contribution in [-0.2, 0) is 12.8 Å². The van der Waals surface area contributed by atoms with Crippen molar-refractivity contribution in [3.8, 4) is 11.5 Å². The number of rotatable bonds is 5. The summed E-state index contributed by atoms with van der Waals surface area (Å²) >= 11 is 0. The summed E-state index contributed by atoms with van der Waals surface area (Å²) in [7, 11) is 0. The summed E-state index contributed by atoms with van der Waals surface area (Å²) < 4.78 is 10.7. The Morgan fingerprint density at radius 2 is 1.19 bits per heavy atom. The smallest absolute Gasteiger partial charge is 0.343 e. The molecule has 2 aromatic heterocycles. The van der Waals surface area contributed by atoms with Crippen molar-refractivity contribution >= 4 is 21.9 Å². The molecule has 2 aromatic carbocycles. The predicted molar refractivity (Wildman–Crippen MR) is 116 cm³/mol. The van der Waals surface area contributed by atoms with Gasteiger partial charge in [0.05, 0.1) is 34.4 Å². The van der Waals surface area contributed by atoms with E-state index in [1.807, 2.05) is 13.8 Å². The van der Waals surface area contributed by atoms with E-state index in [0.29, 0.717) is 12.8 Å². The lowest BCUT2D eigenvalue weighted by molar-refractivity contribution is 0.270. The van der Waals surface area contributed by atoms with Crippen molar-refractivity contribution in [2.24, 2.45) is 0 Å². The molecule has 3 N–H and O–H groups in total. The molecule has 0 fully saturated rings. The molecule has 7 heteroatoms. The Bertz CT molecular complexity index is 1300. The van der Waals surface area contributed by atoms with Crippen molar-refractivity contribution in [3.05, 3.63) is 79.5 Å². The summed E-state index contributed by atoms with van der Waals surface area (Å²) in [5.41, 5.74) is -0.255. The molecule has 0 aliphatic carbocycles. The summed E-state index contributed by atoms with van der Waals surface area (Å²) in [4.78, 5) is 25.4. The zero-order valence-corrected chi connectivity index (χ0v) is 17.1. The van der Waals surface area contributed by atoms with E-state index in [2.05, 4.69) is 0 Å². The van der Waals surface area contributed by atoms with E-state index < -0.39 is 35.3 Å². The molecule has 0 aliphatic rings. The number of benzene rings is 2. The third kappa shape index (κ3) is 3.37. The van der Waals surface area contributed by atoms with Crippen LogP contribution in [0.15, 0.2) is 54.8 Å². The molecular weight excluding hydrogens is 400 g/mol. The Hall–Kier alpha value is -3.58. The highest BCUT2D eigenvalue weighted by atomic mass is 16.4. The Morgan fingerprint density at radius 1 is 0.774 bits per heavy atom. The summed E-state index contributed by atoms with van der Waals surface area (Å²) in [6.45, 7) is 3.16. The Kier molecular flexibility index (Phi) is 5.29. The molecule has 0 atom stereocenters. The number of fused-ring (bicyclic) bond motifs is 2. The van der Waals surface area contributed by atoms with Gasteiger partial charge in [0, 0.05) is 0 Å². The average molecular weight is 422 g/mol. The van der Waals surface area contributed by atoms with E-state index in [0.717, 1.165) is 11.1 Å². The van der Waals surface area contributed by atoms with E-state index in [-0.39, 0.29) is 33.1 Å². The van der Waals surface area contributed by atoms with Gasteiger partial charge in [-0.1, -0.05) is 26.0 Å². The summed E-state index contributed by atoms with van der Waals surface area (Å²) in [6, 6.07) is 10.1. The molecule has 0 spiro atoms. The monoisotopic (exact) mass is 422 g/mol. The number of aliphatic hydroxyl groups is 1. The van der Waals surface area contributed by atoms with Gasteiger partial charge in [0.2, 0.25) is 0 Å². The molecule has 0 saturated heterocycles. The fraction of sp³-hybridized carbons (Fsp3) is 0.250. The lowest BCUT2D eigenvalue weighted by Crippen LogP contribution is -2.22. The van der Waals surface area contributed by atoms with Crippen molar-refractivity contribution in [3.63, 3.8) is 0 Å². The van der Waals surface area contributed by atoms with Crippen LogP contribution in [0.3, 0.4) is 0 Å². The van der Waals surface area contributed by atoms with Crippen LogP contribution in [0.2, 0.25) is 0 Å². The lowest BCUT2D eigenvalue weighted by atomic mass is 9.90. The third-order valence-corrected chi connectivity index (χ3v) is 5.65.